The number of rotatable bonds is 7. The summed E-state index contributed by atoms with van der Waals surface area (Å²) >= 11 is 6.84. The van der Waals surface area contributed by atoms with Crippen molar-refractivity contribution in [3.05, 3.63) is 70.2 Å². The van der Waals surface area contributed by atoms with Crippen molar-refractivity contribution in [1.29, 1.82) is 0 Å². The largest absolute Gasteiger partial charge is 0.733 e. The van der Waals surface area contributed by atoms with Gasteiger partial charge >= 0.3 is 0 Å². The SMILES string of the molecule is O=C(CSc1nnc(Cc2ccccc2)o1)Nc1ccc(Cl)cc1N([O-])O. The van der Waals surface area contributed by atoms with Crippen molar-refractivity contribution in [2.75, 3.05) is 16.3 Å². The standard InChI is InChI=1S/C17H14ClN4O4S/c18-12-6-7-13(14(9-12)22(24)25)19-15(23)10-27-17-21-20-16(26-17)8-11-4-2-1-3-5-11/h1-7,9,24H,8,10H2,(H,19,23)/q-1. The molecule has 27 heavy (non-hydrogen) atoms. The third-order valence-electron chi connectivity index (χ3n) is 3.41. The highest BCUT2D eigenvalue weighted by Crippen LogP contribution is 2.28. The summed E-state index contributed by atoms with van der Waals surface area (Å²) in [5.41, 5.74) is 1.01. The summed E-state index contributed by atoms with van der Waals surface area (Å²) in [7, 11) is 0. The van der Waals surface area contributed by atoms with E-state index in [4.69, 9.17) is 21.2 Å². The van der Waals surface area contributed by atoms with E-state index in [-0.39, 0.29) is 32.6 Å². The van der Waals surface area contributed by atoms with Crippen molar-refractivity contribution in [2.45, 2.75) is 11.6 Å². The van der Waals surface area contributed by atoms with Crippen molar-refractivity contribution >= 4 is 40.6 Å². The van der Waals surface area contributed by atoms with Crippen molar-refractivity contribution in [3.8, 4) is 0 Å². The Morgan fingerprint density at radius 2 is 2.04 bits per heavy atom. The summed E-state index contributed by atoms with van der Waals surface area (Å²) < 4.78 is 5.51. The van der Waals surface area contributed by atoms with E-state index < -0.39 is 5.91 Å². The molecule has 0 atom stereocenters. The minimum atomic E-state index is -0.409. The Kier molecular flexibility index (Phi) is 6.30. The zero-order valence-corrected chi connectivity index (χ0v) is 15.4. The molecule has 2 N–H and O–H groups in total. The molecule has 3 rings (SSSR count). The Hall–Kier alpha value is -2.59. The van der Waals surface area contributed by atoms with Crippen LogP contribution in [0.4, 0.5) is 11.4 Å². The lowest BCUT2D eigenvalue weighted by molar-refractivity contribution is -0.113. The van der Waals surface area contributed by atoms with Crippen LogP contribution in [0.3, 0.4) is 0 Å². The van der Waals surface area contributed by atoms with E-state index in [2.05, 4.69) is 15.5 Å². The molecule has 0 spiro atoms. The average molecular weight is 406 g/mol. The first-order chi connectivity index (χ1) is 13.0. The number of nitrogens with one attached hydrogen (secondary N) is 1. The van der Waals surface area contributed by atoms with Gasteiger partial charge in [0.1, 0.15) is 0 Å². The second kappa shape index (κ2) is 8.87. The molecule has 3 aromatic rings. The number of hydrogen-bond acceptors (Lipinski definition) is 8. The van der Waals surface area contributed by atoms with Gasteiger partial charge in [-0.1, -0.05) is 53.7 Å². The quantitative estimate of drug-likeness (QED) is 0.451. The predicted octanol–water partition coefficient (Wildman–Crippen LogP) is 3.74. The second-order valence-electron chi connectivity index (χ2n) is 5.40. The number of amides is 1. The monoisotopic (exact) mass is 405 g/mol. The highest BCUT2D eigenvalue weighted by molar-refractivity contribution is 7.99. The normalized spacial score (nSPS) is 10.6. The lowest BCUT2D eigenvalue weighted by Gasteiger charge is -2.24. The zero-order chi connectivity index (χ0) is 19.2. The van der Waals surface area contributed by atoms with Crippen molar-refractivity contribution in [1.82, 2.24) is 10.2 Å². The summed E-state index contributed by atoms with van der Waals surface area (Å²) in [6.45, 7) is 0. The molecule has 2 aromatic carbocycles. The number of nitrogens with zero attached hydrogens (tertiary/aromatic N) is 3. The van der Waals surface area contributed by atoms with E-state index in [0.717, 1.165) is 17.3 Å². The number of carbonyl (C=O) groups excluding carboxylic acids is 1. The topological polar surface area (TPSA) is 115 Å². The van der Waals surface area contributed by atoms with Crippen LogP contribution < -0.4 is 10.5 Å². The second-order valence-corrected chi connectivity index (χ2v) is 6.76. The number of hydrogen-bond donors (Lipinski definition) is 2. The maximum atomic E-state index is 12.1. The molecule has 10 heteroatoms. The van der Waals surface area contributed by atoms with E-state index in [1.165, 1.54) is 18.2 Å². The van der Waals surface area contributed by atoms with Crippen LogP contribution in [-0.2, 0) is 11.2 Å². The zero-order valence-electron chi connectivity index (χ0n) is 13.8. The number of benzene rings is 2. The molecule has 1 amide bonds. The Bertz CT molecular complexity index is 920. The summed E-state index contributed by atoms with van der Waals surface area (Å²) in [5, 5.41) is 30.8. The van der Waals surface area contributed by atoms with E-state index in [1.807, 2.05) is 30.3 Å². The van der Waals surface area contributed by atoms with Crippen LogP contribution in [0.15, 0.2) is 58.2 Å². The number of thioether (sulfide) groups is 1. The van der Waals surface area contributed by atoms with E-state index in [1.54, 1.807) is 0 Å². The van der Waals surface area contributed by atoms with Gasteiger partial charge in [0, 0.05) is 5.02 Å². The Morgan fingerprint density at radius 1 is 1.26 bits per heavy atom. The molecule has 0 radical (unpaired) electrons. The van der Waals surface area contributed by atoms with E-state index >= 15 is 0 Å². The smallest absolute Gasteiger partial charge is 0.277 e. The molecular weight excluding hydrogens is 392 g/mol. The number of halogens is 1. The Labute approximate surface area is 163 Å². The molecular formula is C17H14ClN4O4S-. The summed E-state index contributed by atoms with van der Waals surface area (Å²) in [6.07, 6.45) is 0.505. The third kappa shape index (κ3) is 5.44. The van der Waals surface area contributed by atoms with Crippen LogP contribution >= 0.6 is 23.4 Å². The minimum absolute atomic E-state index is 0.0146. The van der Waals surface area contributed by atoms with Gasteiger partial charge < -0.3 is 20.2 Å². The Morgan fingerprint density at radius 3 is 2.78 bits per heavy atom. The highest BCUT2D eigenvalue weighted by Gasteiger charge is 2.12. The number of aromatic nitrogens is 2. The first kappa shape index (κ1) is 19.2. The number of anilines is 2. The molecule has 0 saturated heterocycles. The van der Waals surface area contributed by atoms with Gasteiger partial charge in [0.25, 0.3) is 5.22 Å². The van der Waals surface area contributed by atoms with Crippen LogP contribution in [0.1, 0.15) is 11.5 Å². The summed E-state index contributed by atoms with van der Waals surface area (Å²) in [5.74, 6) is 0.0267. The third-order valence-corrected chi connectivity index (χ3v) is 4.47. The molecule has 0 unspecified atom stereocenters. The lowest BCUT2D eigenvalue weighted by atomic mass is 10.2. The van der Waals surface area contributed by atoms with Crippen molar-refractivity contribution < 1.29 is 14.4 Å². The molecule has 0 aliphatic heterocycles. The molecule has 0 aliphatic rings. The Balaban J connectivity index is 1.56. The average Bonchev–Trinajstić information content (AvgIpc) is 3.09. The van der Waals surface area contributed by atoms with Crippen molar-refractivity contribution in [2.24, 2.45) is 0 Å². The maximum Gasteiger partial charge on any atom is 0.277 e. The van der Waals surface area contributed by atoms with Gasteiger partial charge in [-0.15, -0.1) is 10.2 Å². The summed E-state index contributed by atoms with van der Waals surface area (Å²) in [6, 6.07) is 13.8. The van der Waals surface area contributed by atoms with Crippen LogP contribution in [0, 0.1) is 5.21 Å². The molecule has 1 aromatic heterocycles. The van der Waals surface area contributed by atoms with Crippen LogP contribution in [0.5, 0.6) is 0 Å². The molecule has 140 valence electrons. The van der Waals surface area contributed by atoms with Gasteiger partial charge in [-0.2, -0.15) is 0 Å². The van der Waals surface area contributed by atoms with E-state index in [0.29, 0.717) is 12.3 Å². The van der Waals surface area contributed by atoms with Gasteiger partial charge in [0.15, 0.2) is 0 Å². The molecule has 0 saturated carbocycles. The first-order valence-electron chi connectivity index (χ1n) is 7.76. The molecule has 0 aliphatic carbocycles. The van der Waals surface area contributed by atoms with Gasteiger partial charge in [0.2, 0.25) is 11.8 Å². The first-order valence-corrected chi connectivity index (χ1v) is 9.12. The van der Waals surface area contributed by atoms with Crippen molar-refractivity contribution in [3.63, 3.8) is 0 Å². The molecule has 1 heterocycles. The fourth-order valence-electron chi connectivity index (χ4n) is 2.22. The van der Waals surface area contributed by atoms with Gasteiger partial charge in [-0.05, 0) is 23.8 Å². The van der Waals surface area contributed by atoms with Crippen LogP contribution in [-0.4, -0.2) is 27.1 Å². The van der Waals surface area contributed by atoms with Gasteiger partial charge in [-0.25, -0.2) is 0 Å². The van der Waals surface area contributed by atoms with Gasteiger partial charge in [-0.3, -0.25) is 10.0 Å². The number of carbonyl (C=O) groups is 1. The predicted molar refractivity (Wildman–Crippen MR) is 102 cm³/mol. The van der Waals surface area contributed by atoms with E-state index in [9.17, 15) is 10.0 Å². The minimum Gasteiger partial charge on any atom is -0.733 e. The molecule has 0 bridgehead atoms. The lowest BCUT2D eigenvalue weighted by Crippen LogP contribution is -2.17. The van der Waals surface area contributed by atoms with Gasteiger partial charge in [0.05, 0.1) is 23.5 Å². The van der Waals surface area contributed by atoms with Crippen LogP contribution in [0.25, 0.3) is 0 Å². The molecule has 0 fully saturated rings. The van der Waals surface area contributed by atoms with Crippen LogP contribution in [0.2, 0.25) is 5.02 Å². The molecule has 8 nitrogen and oxygen atoms in total. The highest BCUT2D eigenvalue weighted by atomic mass is 35.5. The summed E-state index contributed by atoms with van der Waals surface area (Å²) in [4.78, 5) is 12.1. The maximum absolute atomic E-state index is 12.1. The fraction of sp³-hybridized carbons (Fsp3) is 0.118. The fourth-order valence-corrected chi connectivity index (χ4v) is 2.97.